The zero-order valence-corrected chi connectivity index (χ0v) is 11.4. The van der Waals surface area contributed by atoms with Crippen LogP contribution in [0.3, 0.4) is 0 Å². The number of phenols is 1. The van der Waals surface area contributed by atoms with Gasteiger partial charge in [-0.1, -0.05) is 12.1 Å². The minimum absolute atomic E-state index is 0.0366. The molecule has 0 radical (unpaired) electrons. The molecule has 0 spiro atoms. The van der Waals surface area contributed by atoms with Crippen molar-refractivity contribution in [3.05, 3.63) is 48.0 Å². The molecule has 2 N–H and O–H groups in total. The van der Waals surface area contributed by atoms with E-state index in [9.17, 15) is 18.3 Å². The lowest BCUT2D eigenvalue weighted by atomic mass is 10.2. The van der Waals surface area contributed by atoms with Crippen molar-refractivity contribution in [2.24, 2.45) is 10.2 Å². The number of aromatic hydroxyl groups is 1. The van der Waals surface area contributed by atoms with E-state index in [1.165, 1.54) is 42.5 Å². The molecule has 0 amide bonds. The predicted molar refractivity (Wildman–Crippen MR) is 73.9 cm³/mol. The number of phenolic OH excluding ortho intramolecular Hbond substituents is 1. The third kappa shape index (κ3) is 3.50. The predicted octanol–water partition coefficient (Wildman–Crippen LogP) is 2.87. The molecule has 21 heavy (non-hydrogen) atoms. The van der Waals surface area contributed by atoms with Crippen molar-refractivity contribution in [1.82, 2.24) is 0 Å². The molecule has 108 valence electrons. The van der Waals surface area contributed by atoms with Crippen LogP contribution >= 0.6 is 0 Å². The minimum atomic E-state index is -4.41. The molecule has 2 aromatic carbocycles. The molecule has 0 atom stereocenters. The van der Waals surface area contributed by atoms with Crippen LogP contribution in [-0.4, -0.2) is 24.4 Å². The lowest BCUT2D eigenvalue weighted by Gasteiger charge is -2.01. The average Bonchev–Trinajstić information content (AvgIpc) is 2.45. The van der Waals surface area contributed by atoms with Crippen LogP contribution in [0.25, 0.3) is 0 Å². The first kappa shape index (κ1) is 14.8. The molecular weight excluding hydrogens is 296 g/mol. The summed E-state index contributed by atoms with van der Waals surface area (Å²) in [5, 5.41) is 16.9. The molecule has 0 saturated heterocycles. The maximum Gasteiger partial charge on any atom is 0.296 e. The summed E-state index contributed by atoms with van der Waals surface area (Å²) in [5.74, 6) is -0.192. The summed E-state index contributed by atoms with van der Waals surface area (Å²) in [4.78, 5) is 10.3. The molecule has 0 aliphatic heterocycles. The van der Waals surface area contributed by atoms with E-state index in [0.29, 0.717) is 6.29 Å². The van der Waals surface area contributed by atoms with Crippen LogP contribution in [0.4, 0.5) is 11.4 Å². The lowest BCUT2D eigenvalue weighted by molar-refractivity contribution is 0.112. The maximum atomic E-state index is 11.2. The van der Waals surface area contributed by atoms with Crippen LogP contribution in [0.15, 0.2) is 57.6 Å². The Labute approximate surface area is 120 Å². The fraction of sp³-hybridized carbons (Fsp3) is 0. The summed E-state index contributed by atoms with van der Waals surface area (Å²) >= 11 is 0. The highest BCUT2D eigenvalue weighted by Crippen LogP contribution is 2.27. The molecule has 2 rings (SSSR count). The smallest absolute Gasteiger partial charge is 0.296 e. The molecule has 0 saturated carbocycles. The molecule has 2 aromatic rings. The van der Waals surface area contributed by atoms with Gasteiger partial charge in [-0.05, 0) is 30.3 Å². The molecule has 0 aliphatic rings. The Morgan fingerprint density at radius 2 is 1.76 bits per heavy atom. The Balaban J connectivity index is 2.41. The number of carbonyl (C=O) groups excluding carboxylic acids is 1. The SMILES string of the molecule is O=Cc1cc(N=Nc2ccccc2S(=O)(=O)O)ccc1O. The van der Waals surface area contributed by atoms with E-state index in [0.717, 1.165) is 0 Å². The van der Waals surface area contributed by atoms with Crippen LogP contribution in [0.5, 0.6) is 5.75 Å². The summed E-state index contributed by atoms with van der Waals surface area (Å²) in [6.07, 6.45) is 0.459. The zero-order chi connectivity index (χ0) is 15.5. The molecule has 0 fully saturated rings. The van der Waals surface area contributed by atoms with Gasteiger partial charge in [-0.25, -0.2) is 0 Å². The first-order valence-corrected chi connectivity index (χ1v) is 7.12. The second-order valence-corrected chi connectivity index (χ2v) is 5.39. The highest BCUT2D eigenvalue weighted by Gasteiger charge is 2.14. The first-order chi connectivity index (χ1) is 9.91. The van der Waals surface area contributed by atoms with Crippen LogP contribution in [0, 0.1) is 0 Å². The molecule has 0 unspecified atom stereocenters. The Bertz CT molecular complexity index is 815. The third-order valence-electron chi connectivity index (χ3n) is 2.55. The van der Waals surface area contributed by atoms with Gasteiger partial charge >= 0.3 is 0 Å². The van der Waals surface area contributed by atoms with Gasteiger partial charge in [0.2, 0.25) is 0 Å². The van der Waals surface area contributed by atoms with Crippen molar-refractivity contribution in [2.75, 3.05) is 0 Å². The second-order valence-electron chi connectivity index (χ2n) is 4.00. The van der Waals surface area contributed by atoms with E-state index in [4.69, 9.17) is 4.55 Å². The normalized spacial score (nSPS) is 11.7. The first-order valence-electron chi connectivity index (χ1n) is 5.68. The topological polar surface area (TPSA) is 116 Å². The average molecular weight is 306 g/mol. The number of hydrogen-bond donors (Lipinski definition) is 2. The molecule has 0 heterocycles. The molecule has 0 bridgehead atoms. The largest absolute Gasteiger partial charge is 0.507 e. The van der Waals surface area contributed by atoms with E-state index in [-0.39, 0.29) is 27.6 Å². The van der Waals surface area contributed by atoms with Gasteiger partial charge in [0.1, 0.15) is 16.3 Å². The Morgan fingerprint density at radius 3 is 2.43 bits per heavy atom. The number of carbonyl (C=O) groups is 1. The number of rotatable bonds is 4. The van der Waals surface area contributed by atoms with Gasteiger partial charge in [-0.2, -0.15) is 13.5 Å². The number of aldehydes is 1. The summed E-state index contributed by atoms with van der Waals surface area (Å²) in [6, 6.07) is 9.51. The van der Waals surface area contributed by atoms with Gasteiger partial charge in [-0.3, -0.25) is 9.35 Å². The quantitative estimate of drug-likeness (QED) is 0.511. The highest BCUT2D eigenvalue weighted by molar-refractivity contribution is 7.86. The number of nitrogens with zero attached hydrogens (tertiary/aromatic N) is 2. The second kappa shape index (κ2) is 5.81. The fourth-order valence-electron chi connectivity index (χ4n) is 1.57. The molecule has 0 aromatic heterocycles. The molecule has 8 heteroatoms. The van der Waals surface area contributed by atoms with E-state index in [2.05, 4.69) is 10.2 Å². The number of hydrogen-bond acceptors (Lipinski definition) is 6. The van der Waals surface area contributed by atoms with Gasteiger partial charge in [0.15, 0.2) is 6.29 Å². The van der Waals surface area contributed by atoms with E-state index in [1.54, 1.807) is 0 Å². The summed E-state index contributed by atoms with van der Waals surface area (Å²) in [7, 11) is -4.41. The number of azo groups is 1. The number of benzene rings is 2. The van der Waals surface area contributed by atoms with Crippen molar-refractivity contribution < 1.29 is 22.9 Å². The molecule has 7 nitrogen and oxygen atoms in total. The zero-order valence-electron chi connectivity index (χ0n) is 10.5. The monoisotopic (exact) mass is 306 g/mol. The minimum Gasteiger partial charge on any atom is -0.507 e. The van der Waals surface area contributed by atoms with Crippen LogP contribution in [0.1, 0.15) is 10.4 Å². The summed E-state index contributed by atoms with van der Waals surface area (Å²) in [6.45, 7) is 0. The van der Waals surface area contributed by atoms with Crippen molar-refractivity contribution in [2.45, 2.75) is 4.90 Å². The standard InChI is InChI=1S/C13H10N2O5S/c16-8-9-7-10(5-6-12(9)17)14-15-11-3-1-2-4-13(11)21(18,19)20/h1-8,17H,(H,18,19,20). The Morgan fingerprint density at radius 1 is 1.05 bits per heavy atom. The van der Waals surface area contributed by atoms with Gasteiger partial charge in [0.25, 0.3) is 10.1 Å². The van der Waals surface area contributed by atoms with Gasteiger partial charge in [0, 0.05) is 0 Å². The van der Waals surface area contributed by atoms with Crippen molar-refractivity contribution >= 4 is 27.8 Å². The van der Waals surface area contributed by atoms with Crippen LogP contribution < -0.4 is 0 Å². The van der Waals surface area contributed by atoms with Crippen molar-refractivity contribution in [3.8, 4) is 5.75 Å². The summed E-state index contributed by atoms with van der Waals surface area (Å²) in [5.41, 5.74) is 0.246. The highest BCUT2D eigenvalue weighted by atomic mass is 32.2. The van der Waals surface area contributed by atoms with E-state index < -0.39 is 10.1 Å². The summed E-state index contributed by atoms with van der Waals surface area (Å²) < 4.78 is 31.4. The van der Waals surface area contributed by atoms with Gasteiger partial charge in [-0.15, -0.1) is 5.11 Å². The van der Waals surface area contributed by atoms with Crippen LogP contribution in [0.2, 0.25) is 0 Å². The molecule has 0 aliphatic carbocycles. The van der Waals surface area contributed by atoms with Crippen LogP contribution in [-0.2, 0) is 10.1 Å². The van der Waals surface area contributed by atoms with E-state index in [1.807, 2.05) is 0 Å². The third-order valence-corrected chi connectivity index (χ3v) is 3.46. The lowest BCUT2D eigenvalue weighted by Crippen LogP contribution is -1.97. The Kier molecular flexibility index (Phi) is 4.10. The fourth-order valence-corrected chi connectivity index (χ4v) is 2.19. The van der Waals surface area contributed by atoms with Gasteiger partial charge in [0.05, 0.1) is 11.3 Å². The van der Waals surface area contributed by atoms with E-state index >= 15 is 0 Å². The van der Waals surface area contributed by atoms with Crippen molar-refractivity contribution in [3.63, 3.8) is 0 Å². The molecular formula is C13H10N2O5S. The van der Waals surface area contributed by atoms with Gasteiger partial charge < -0.3 is 5.11 Å². The van der Waals surface area contributed by atoms with Crippen molar-refractivity contribution in [1.29, 1.82) is 0 Å². The Hall–Kier alpha value is -2.58. The maximum absolute atomic E-state index is 11.2.